The van der Waals surface area contributed by atoms with Gasteiger partial charge in [0.2, 0.25) is 0 Å². The first-order chi connectivity index (χ1) is 11.1. The van der Waals surface area contributed by atoms with Crippen LogP contribution >= 0.6 is 0 Å². The van der Waals surface area contributed by atoms with Crippen molar-refractivity contribution in [3.05, 3.63) is 28.5 Å². The van der Waals surface area contributed by atoms with Crippen molar-refractivity contribution in [2.24, 2.45) is 5.73 Å². The molecule has 0 aromatic carbocycles. The first kappa shape index (κ1) is 17.7. The maximum atomic E-state index is 12.7. The number of rotatable bonds is 5. The Kier molecular flexibility index (Phi) is 6.76. The van der Waals surface area contributed by atoms with Crippen LogP contribution in [0.15, 0.2) is 22.8 Å². The quantitative estimate of drug-likeness (QED) is 0.868. The van der Waals surface area contributed by atoms with Gasteiger partial charge in [-0.15, -0.1) is 0 Å². The summed E-state index contributed by atoms with van der Waals surface area (Å²) in [6, 6.07) is 0.214. The lowest BCUT2D eigenvalue weighted by molar-refractivity contribution is 0.400. The molecule has 1 aromatic heterocycles. The summed E-state index contributed by atoms with van der Waals surface area (Å²) in [4.78, 5) is 12.2. The molecule has 0 atom stereocenters. The van der Waals surface area contributed by atoms with E-state index < -0.39 is 11.8 Å². The Hall–Kier alpha value is -1.70. The average Bonchev–Trinajstić information content (AvgIpc) is 2.92. The van der Waals surface area contributed by atoms with E-state index in [0.717, 1.165) is 30.4 Å². The van der Waals surface area contributed by atoms with E-state index >= 15 is 0 Å². The number of aromatic nitrogens is 3. The highest BCUT2D eigenvalue weighted by molar-refractivity contribution is 5.04. The molecule has 1 saturated carbocycles. The van der Waals surface area contributed by atoms with Gasteiger partial charge in [0.1, 0.15) is 6.33 Å². The largest absolute Gasteiger partial charge is 0.364 e. The predicted molar refractivity (Wildman–Crippen MR) is 84.9 cm³/mol. The van der Waals surface area contributed by atoms with Crippen molar-refractivity contribution < 1.29 is 8.78 Å². The Morgan fingerprint density at radius 2 is 1.83 bits per heavy atom. The van der Waals surface area contributed by atoms with Crippen molar-refractivity contribution in [2.75, 3.05) is 12.0 Å². The average molecular weight is 329 g/mol. The topological polar surface area (TPSA) is 77.9 Å². The van der Waals surface area contributed by atoms with Crippen molar-refractivity contribution in [3.63, 3.8) is 0 Å². The highest BCUT2D eigenvalue weighted by Crippen LogP contribution is 2.17. The van der Waals surface area contributed by atoms with Gasteiger partial charge in [-0.2, -0.15) is 18.6 Å². The van der Waals surface area contributed by atoms with E-state index in [9.17, 15) is 13.6 Å². The monoisotopic (exact) mass is 329 g/mol. The van der Waals surface area contributed by atoms with Gasteiger partial charge in [-0.3, -0.25) is 0 Å². The third kappa shape index (κ3) is 5.16. The Morgan fingerprint density at radius 3 is 2.39 bits per heavy atom. The van der Waals surface area contributed by atoms with Gasteiger partial charge in [-0.05, 0) is 12.8 Å². The van der Waals surface area contributed by atoms with Crippen molar-refractivity contribution in [2.45, 2.75) is 64.0 Å². The van der Waals surface area contributed by atoms with Crippen molar-refractivity contribution in [3.8, 4) is 0 Å². The zero-order valence-electron chi connectivity index (χ0n) is 13.3. The molecule has 1 heterocycles. The van der Waals surface area contributed by atoms with Crippen LogP contribution in [0.1, 0.15) is 51.4 Å². The van der Waals surface area contributed by atoms with Gasteiger partial charge in [-0.25, -0.2) is 9.48 Å². The number of halogens is 2. The van der Waals surface area contributed by atoms with Crippen molar-refractivity contribution >= 4 is 0 Å². The van der Waals surface area contributed by atoms with E-state index in [1.165, 1.54) is 36.7 Å². The van der Waals surface area contributed by atoms with Crippen LogP contribution in [0, 0.1) is 0 Å². The van der Waals surface area contributed by atoms with Crippen molar-refractivity contribution in [1.82, 2.24) is 14.5 Å². The summed E-state index contributed by atoms with van der Waals surface area (Å²) in [5, 5.41) is 3.89. The number of nitrogens with one attached hydrogen (secondary N) is 1. The summed E-state index contributed by atoms with van der Waals surface area (Å²) in [5.41, 5.74) is 7.72. The van der Waals surface area contributed by atoms with Crippen LogP contribution in [0.5, 0.6) is 0 Å². The molecule has 0 bridgehead atoms. The molecule has 1 fully saturated rings. The zero-order valence-corrected chi connectivity index (χ0v) is 13.3. The fourth-order valence-electron chi connectivity index (χ4n) is 2.88. The fraction of sp³-hybridized carbons (Fsp3) is 0.733. The minimum Gasteiger partial charge on any atom is -0.327 e. The van der Waals surface area contributed by atoms with Crippen molar-refractivity contribution in [1.29, 1.82) is 0 Å². The van der Waals surface area contributed by atoms with E-state index in [-0.39, 0.29) is 24.7 Å². The molecule has 0 radical (unpaired) electrons. The Labute approximate surface area is 134 Å². The summed E-state index contributed by atoms with van der Waals surface area (Å²) >= 11 is 0. The van der Waals surface area contributed by atoms with Crippen LogP contribution in [0.2, 0.25) is 0 Å². The third-order valence-electron chi connectivity index (χ3n) is 4.26. The van der Waals surface area contributed by atoms with Crippen LogP contribution in [-0.2, 0) is 6.54 Å². The van der Waals surface area contributed by atoms with Gasteiger partial charge < -0.3 is 11.2 Å². The van der Waals surface area contributed by atoms with Crippen LogP contribution in [0.4, 0.5) is 8.78 Å². The van der Waals surface area contributed by atoms with Crippen LogP contribution < -0.4 is 16.8 Å². The number of hydrogen-bond donors (Lipinski definition) is 2. The molecular formula is C15H25F2N5O. The maximum Gasteiger partial charge on any atom is 0.364 e. The lowest BCUT2D eigenvalue weighted by Crippen LogP contribution is -2.37. The normalized spacial score (nSPS) is 17.2. The SMILES string of the molecule is NCC(Cn1ncn(NC2CCCCCCCC2)c1=O)=C(F)F. The fourth-order valence-corrected chi connectivity index (χ4v) is 2.88. The Bertz CT molecular complexity index is 567. The minimum absolute atomic E-state index is 0.214. The Balaban J connectivity index is 2.03. The molecule has 8 heteroatoms. The molecule has 0 spiro atoms. The van der Waals surface area contributed by atoms with E-state index in [1.54, 1.807) is 0 Å². The molecular weight excluding hydrogens is 304 g/mol. The van der Waals surface area contributed by atoms with E-state index in [1.807, 2.05) is 0 Å². The number of hydrogen-bond acceptors (Lipinski definition) is 4. The summed E-state index contributed by atoms with van der Waals surface area (Å²) in [5.74, 6) is 0. The standard InChI is InChI=1S/C15H25F2N5O/c16-14(17)12(9-18)10-21-15(23)22(11-19-21)20-13-7-5-3-1-2-4-6-8-13/h11,13,20H,1-10,18H2. The lowest BCUT2D eigenvalue weighted by atomic mass is 10.1. The molecule has 0 aliphatic heterocycles. The van der Waals surface area contributed by atoms with E-state index in [4.69, 9.17) is 5.73 Å². The van der Waals surface area contributed by atoms with Crippen LogP contribution in [-0.4, -0.2) is 27.0 Å². The molecule has 6 nitrogen and oxygen atoms in total. The molecule has 1 aromatic rings. The highest BCUT2D eigenvalue weighted by Gasteiger charge is 2.14. The molecule has 0 unspecified atom stereocenters. The number of nitrogens with zero attached hydrogens (tertiary/aromatic N) is 3. The van der Waals surface area contributed by atoms with Crippen LogP contribution in [0.25, 0.3) is 0 Å². The van der Waals surface area contributed by atoms with Gasteiger partial charge in [0, 0.05) is 18.2 Å². The second-order valence-corrected chi connectivity index (χ2v) is 6.03. The van der Waals surface area contributed by atoms with Gasteiger partial charge in [0.25, 0.3) is 6.08 Å². The molecule has 1 aliphatic rings. The van der Waals surface area contributed by atoms with Gasteiger partial charge in [0.15, 0.2) is 0 Å². The summed E-state index contributed by atoms with van der Waals surface area (Å²) < 4.78 is 27.6. The molecule has 130 valence electrons. The molecule has 2 rings (SSSR count). The van der Waals surface area contributed by atoms with E-state index in [2.05, 4.69) is 10.5 Å². The molecule has 1 aliphatic carbocycles. The Morgan fingerprint density at radius 1 is 1.22 bits per heavy atom. The second kappa shape index (κ2) is 8.81. The summed E-state index contributed by atoms with van der Waals surface area (Å²) in [7, 11) is 0. The van der Waals surface area contributed by atoms with Crippen LogP contribution in [0.3, 0.4) is 0 Å². The molecule has 3 N–H and O–H groups in total. The molecule has 0 amide bonds. The number of nitrogens with two attached hydrogens (primary N) is 1. The smallest absolute Gasteiger partial charge is 0.327 e. The summed E-state index contributed by atoms with van der Waals surface area (Å²) in [6.07, 6.45) is 8.75. The molecule has 23 heavy (non-hydrogen) atoms. The maximum absolute atomic E-state index is 12.7. The second-order valence-electron chi connectivity index (χ2n) is 6.03. The third-order valence-corrected chi connectivity index (χ3v) is 4.26. The molecule has 0 saturated heterocycles. The van der Waals surface area contributed by atoms with Gasteiger partial charge >= 0.3 is 5.69 Å². The first-order valence-electron chi connectivity index (χ1n) is 8.26. The van der Waals surface area contributed by atoms with Gasteiger partial charge in [-0.1, -0.05) is 38.5 Å². The first-order valence-corrected chi connectivity index (χ1v) is 8.26. The lowest BCUT2D eigenvalue weighted by Gasteiger charge is -2.18. The highest BCUT2D eigenvalue weighted by atomic mass is 19.3. The zero-order chi connectivity index (χ0) is 16.7. The predicted octanol–water partition coefficient (Wildman–Crippen LogP) is 2.20. The summed E-state index contributed by atoms with van der Waals surface area (Å²) in [6.45, 7) is -0.575. The minimum atomic E-state index is -1.85. The van der Waals surface area contributed by atoms with Gasteiger partial charge in [0.05, 0.1) is 6.54 Å². The van der Waals surface area contributed by atoms with E-state index in [0.29, 0.717) is 0 Å².